The number of hydrogen-bond acceptors (Lipinski definition) is 6. The number of amides is 2. The molecular formula is C15H16F2N4O3S. The molecule has 134 valence electrons. The Labute approximate surface area is 146 Å². The molecule has 0 spiro atoms. The highest BCUT2D eigenvalue weighted by atomic mass is 32.1. The standard InChI is InChI=1S/C15H16F2N4O3S/c1-23-10-5-4-9(11(6-10)24-13(16)17)7-18-14(22)19-15-21-20-12(25-15)8-2-3-8/h4-6,8,13H,2-3,7H2,1H3,(H2,18,19,21,22). The number of hydrogen-bond donors (Lipinski definition) is 2. The molecule has 1 aromatic carbocycles. The second-order valence-corrected chi connectivity index (χ2v) is 6.39. The van der Waals surface area contributed by atoms with Crippen LogP contribution in [0.3, 0.4) is 0 Å². The largest absolute Gasteiger partial charge is 0.497 e. The minimum atomic E-state index is -2.97. The molecule has 0 atom stereocenters. The first-order valence-electron chi connectivity index (χ1n) is 7.55. The number of urea groups is 1. The van der Waals surface area contributed by atoms with E-state index in [2.05, 4.69) is 25.6 Å². The predicted octanol–water partition coefficient (Wildman–Crippen LogP) is 3.35. The van der Waals surface area contributed by atoms with Gasteiger partial charge in [0.1, 0.15) is 16.5 Å². The zero-order valence-corrected chi connectivity index (χ0v) is 14.1. The molecule has 1 aliphatic rings. The van der Waals surface area contributed by atoms with Crippen molar-refractivity contribution in [2.75, 3.05) is 12.4 Å². The van der Waals surface area contributed by atoms with E-state index in [9.17, 15) is 13.6 Å². The quantitative estimate of drug-likeness (QED) is 0.781. The number of rotatable bonds is 7. The highest BCUT2D eigenvalue weighted by Gasteiger charge is 2.27. The van der Waals surface area contributed by atoms with Crippen LogP contribution in [0.4, 0.5) is 18.7 Å². The van der Waals surface area contributed by atoms with Gasteiger partial charge < -0.3 is 14.8 Å². The van der Waals surface area contributed by atoms with E-state index >= 15 is 0 Å². The van der Waals surface area contributed by atoms with Crippen LogP contribution in [0.5, 0.6) is 11.5 Å². The molecule has 7 nitrogen and oxygen atoms in total. The van der Waals surface area contributed by atoms with Crippen molar-refractivity contribution in [3.8, 4) is 11.5 Å². The molecule has 10 heteroatoms. The highest BCUT2D eigenvalue weighted by Crippen LogP contribution is 2.42. The number of nitrogens with one attached hydrogen (secondary N) is 2. The molecule has 0 unspecified atom stereocenters. The molecule has 1 aromatic heterocycles. The molecule has 1 fully saturated rings. The maximum absolute atomic E-state index is 12.5. The lowest BCUT2D eigenvalue weighted by molar-refractivity contribution is -0.0505. The second kappa shape index (κ2) is 7.60. The van der Waals surface area contributed by atoms with Crippen molar-refractivity contribution >= 4 is 22.5 Å². The first-order valence-corrected chi connectivity index (χ1v) is 8.37. The lowest BCUT2D eigenvalue weighted by Crippen LogP contribution is -2.28. The monoisotopic (exact) mass is 370 g/mol. The van der Waals surface area contributed by atoms with Crippen LogP contribution in [0.2, 0.25) is 0 Å². The van der Waals surface area contributed by atoms with E-state index in [1.807, 2.05) is 0 Å². The van der Waals surface area contributed by atoms with Crippen LogP contribution in [0.15, 0.2) is 18.2 Å². The number of anilines is 1. The Balaban J connectivity index is 1.58. The second-order valence-electron chi connectivity index (χ2n) is 5.38. The van der Waals surface area contributed by atoms with Gasteiger partial charge in [0.2, 0.25) is 5.13 Å². The van der Waals surface area contributed by atoms with Crippen molar-refractivity contribution in [3.63, 3.8) is 0 Å². The molecule has 2 aromatic rings. The Morgan fingerprint density at radius 1 is 1.40 bits per heavy atom. The Morgan fingerprint density at radius 3 is 2.88 bits per heavy atom. The van der Waals surface area contributed by atoms with Crippen LogP contribution in [0, 0.1) is 0 Å². The van der Waals surface area contributed by atoms with Crippen molar-refractivity contribution in [1.82, 2.24) is 15.5 Å². The third-order valence-corrected chi connectivity index (χ3v) is 4.52. The van der Waals surface area contributed by atoms with Crippen LogP contribution < -0.4 is 20.1 Å². The Kier molecular flexibility index (Phi) is 5.27. The zero-order chi connectivity index (χ0) is 17.8. The number of carbonyl (C=O) groups excluding carboxylic acids is 1. The van der Waals surface area contributed by atoms with E-state index in [1.54, 1.807) is 12.1 Å². The fourth-order valence-corrected chi connectivity index (χ4v) is 3.02. The molecule has 25 heavy (non-hydrogen) atoms. The minimum absolute atomic E-state index is 0.00612. The first kappa shape index (κ1) is 17.3. The summed E-state index contributed by atoms with van der Waals surface area (Å²) in [6, 6.07) is 3.98. The molecule has 2 N–H and O–H groups in total. The van der Waals surface area contributed by atoms with Gasteiger partial charge in [-0.2, -0.15) is 8.78 Å². The molecule has 1 aliphatic carbocycles. The van der Waals surface area contributed by atoms with Crippen molar-refractivity contribution < 1.29 is 23.0 Å². The molecule has 0 bridgehead atoms. The molecular weight excluding hydrogens is 354 g/mol. The average molecular weight is 370 g/mol. The topological polar surface area (TPSA) is 85.4 Å². The van der Waals surface area contributed by atoms with Gasteiger partial charge in [-0.15, -0.1) is 10.2 Å². The summed E-state index contributed by atoms with van der Waals surface area (Å²) >= 11 is 1.34. The number of nitrogens with zero attached hydrogens (tertiary/aromatic N) is 2. The van der Waals surface area contributed by atoms with Crippen molar-refractivity contribution in [3.05, 3.63) is 28.8 Å². The number of carbonyl (C=O) groups is 1. The van der Waals surface area contributed by atoms with E-state index in [1.165, 1.54) is 24.5 Å². The van der Waals surface area contributed by atoms with Crippen molar-refractivity contribution in [1.29, 1.82) is 0 Å². The normalized spacial score (nSPS) is 13.6. The lowest BCUT2D eigenvalue weighted by Gasteiger charge is -2.13. The zero-order valence-electron chi connectivity index (χ0n) is 13.3. The summed E-state index contributed by atoms with van der Waals surface area (Å²) < 4.78 is 34.5. The number of methoxy groups -OCH3 is 1. The third-order valence-electron chi connectivity index (χ3n) is 3.52. The smallest absolute Gasteiger partial charge is 0.387 e. The van der Waals surface area contributed by atoms with Crippen LogP contribution in [0.1, 0.15) is 29.3 Å². The third kappa shape index (κ3) is 4.75. The molecule has 1 heterocycles. The minimum Gasteiger partial charge on any atom is -0.497 e. The Hall–Kier alpha value is -2.49. The number of halogens is 2. The molecule has 0 saturated heterocycles. The maximum atomic E-state index is 12.5. The fraction of sp³-hybridized carbons (Fsp3) is 0.400. The Bertz CT molecular complexity index is 752. The number of ether oxygens (including phenoxy) is 2. The van der Waals surface area contributed by atoms with Crippen LogP contribution in [-0.4, -0.2) is 29.9 Å². The van der Waals surface area contributed by atoms with Crippen LogP contribution in [0.25, 0.3) is 0 Å². The van der Waals surface area contributed by atoms with E-state index in [4.69, 9.17) is 4.74 Å². The van der Waals surface area contributed by atoms with E-state index in [0.717, 1.165) is 17.8 Å². The van der Waals surface area contributed by atoms with Gasteiger partial charge in [0.15, 0.2) is 0 Å². The number of aromatic nitrogens is 2. The summed E-state index contributed by atoms with van der Waals surface area (Å²) in [6.07, 6.45) is 2.20. The highest BCUT2D eigenvalue weighted by molar-refractivity contribution is 7.15. The van der Waals surface area contributed by atoms with Gasteiger partial charge in [0.25, 0.3) is 0 Å². The van der Waals surface area contributed by atoms with Gasteiger partial charge in [-0.05, 0) is 25.0 Å². The van der Waals surface area contributed by atoms with E-state index in [-0.39, 0.29) is 12.3 Å². The molecule has 0 aliphatic heterocycles. The lowest BCUT2D eigenvalue weighted by atomic mass is 10.2. The summed E-state index contributed by atoms with van der Waals surface area (Å²) in [4.78, 5) is 11.9. The predicted molar refractivity (Wildman–Crippen MR) is 87.4 cm³/mol. The molecule has 0 radical (unpaired) electrons. The van der Waals surface area contributed by atoms with Crippen LogP contribution in [-0.2, 0) is 6.54 Å². The van der Waals surface area contributed by atoms with E-state index in [0.29, 0.717) is 22.4 Å². The Morgan fingerprint density at radius 2 is 2.20 bits per heavy atom. The van der Waals surface area contributed by atoms with Gasteiger partial charge in [0, 0.05) is 24.1 Å². The van der Waals surface area contributed by atoms with Crippen LogP contribution >= 0.6 is 11.3 Å². The first-order chi connectivity index (χ1) is 12.0. The summed E-state index contributed by atoms with van der Waals surface area (Å²) in [5.41, 5.74) is 0.396. The van der Waals surface area contributed by atoms with Gasteiger partial charge in [-0.3, -0.25) is 5.32 Å². The van der Waals surface area contributed by atoms with E-state index < -0.39 is 12.6 Å². The van der Waals surface area contributed by atoms with Gasteiger partial charge in [-0.25, -0.2) is 4.79 Å². The fourth-order valence-electron chi connectivity index (χ4n) is 2.11. The molecule has 1 saturated carbocycles. The van der Waals surface area contributed by atoms with Crippen molar-refractivity contribution in [2.24, 2.45) is 0 Å². The summed E-state index contributed by atoms with van der Waals surface area (Å²) in [5.74, 6) is 0.788. The molecule has 2 amide bonds. The average Bonchev–Trinajstić information content (AvgIpc) is 3.33. The maximum Gasteiger partial charge on any atom is 0.387 e. The van der Waals surface area contributed by atoms with Gasteiger partial charge >= 0.3 is 12.6 Å². The van der Waals surface area contributed by atoms with Gasteiger partial charge in [0.05, 0.1) is 7.11 Å². The van der Waals surface area contributed by atoms with Gasteiger partial charge in [-0.1, -0.05) is 11.3 Å². The number of benzene rings is 1. The molecule has 3 rings (SSSR count). The summed E-state index contributed by atoms with van der Waals surface area (Å²) in [6.45, 7) is -2.96. The van der Waals surface area contributed by atoms with Crippen molar-refractivity contribution in [2.45, 2.75) is 31.9 Å². The summed E-state index contributed by atoms with van der Waals surface area (Å²) in [5, 5.41) is 14.4. The SMILES string of the molecule is COc1ccc(CNC(=O)Nc2nnc(C3CC3)s2)c(OC(F)F)c1. The summed E-state index contributed by atoms with van der Waals surface area (Å²) in [7, 11) is 1.42. The number of alkyl halides is 2.